The summed E-state index contributed by atoms with van der Waals surface area (Å²) < 4.78 is 15.9. The van der Waals surface area contributed by atoms with Crippen LogP contribution in [0.4, 0.5) is 4.79 Å². The molecule has 3 aliphatic rings. The van der Waals surface area contributed by atoms with Crippen LogP contribution in [0.15, 0.2) is 0 Å². The molecule has 0 spiro atoms. The molecule has 1 saturated carbocycles. The zero-order valence-corrected chi connectivity index (χ0v) is 13.1. The van der Waals surface area contributed by atoms with Crippen LogP contribution in [0.1, 0.15) is 39.5 Å². The first-order valence-corrected chi connectivity index (χ1v) is 8.06. The van der Waals surface area contributed by atoms with Gasteiger partial charge in [0.1, 0.15) is 6.61 Å². The zero-order chi connectivity index (χ0) is 15.2. The first-order chi connectivity index (χ1) is 9.98. The molecule has 0 aromatic rings. The molecule has 0 aromatic carbocycles. The molecule has 0 radical (unpaired) electrons. The average molecular weight is 298 g/mol. The van der Waals surface area contributed by atoms with Gasteiger partial charge < -0.3 is 19.3 Å². The van der Waals surface area contributed by atoms with Gasteiger partial charge in [0.25, 0.3) is 0 Å². The van der Waals surface area contributed by atoms with Crippen LogP contribution in [-0.2, 0) is 14.2 Å². The summed E-state index contributed by atoms with van der Waals surface area (Å²) in [7, 11) is 1.31. The maximum Gasteiger partial charge on any atom is 0.507 e. The summed E-state index contributed by atoms with van der Waals surface area (Å²) in [6.07, 6.45) is 3.30. The minimum absolute atomic E-state index is 0.0702. The topological polar surface area (TPSA) is 65.0 Å². The van der Waals surface area contributed by atoms with E-state index in [4.69, 9.17) is 9.47 Å². The van der Waals surface area contributed by atoms with Gasteiger partial charge in [-0.3, -0.25) is 0 Å². The second kappa shape index (κ2) is 5.43. The summed E-state index contributed by atoms with van der Waals surface area (Å²) in [5.41, 5.74) is -0.655. The van der Waals surface area contributed by atoms with Gasteiger partial charge in [-0.25, -0.2) is 4.79 Å². The van der Waals surface area contributed by atoms with Gasteiger partial charge >= 0.3 is 6.16 Å². The Morgan fingerprint density at radius 2 is 1.86 bits per heavy atom. The van der Waals surface area contributed by atoms with E-state index < -0.39 is 11.8 Å². The number of carbonyl (C=O) groups is 1. The van der Waals surface area contributed by atoms with Crippen LogP contribution >= 0.6 is 0 Å². The van der Waals surface area contributed by atoms with Crippen LogP contribution in [-0.4, -0.2) is 42.8 Å². The fraction of sp³-hybridized carbons (Fsp3) is 0.938. The highest BCUT2D eigenvalue weighted by Gasteiger charge is 2.62. The molecule has 6 unspecified atom stereocenters. The van der Waals surface area contributed by atoms with E-state index in [1.54, 1.807) is 0 Å². The fourth-order valence-corrected chi connectivity index (χ4v) is 4.82. The van der Waals surface area contributed by atoms with Crippen LogP contribution in [0, 0.1) is 23.7 Å². The van der Waals surface area contributed by atoms with Crippen molar-refractivity contribution in [3.05, 3.63) is 0 Å². The molecule has 1 N–H and O–H groups in total. The number of hydrogen-bond donors (Lipinski definition) is 1. The van der Waals surface area contributed by atoms with Crippen LogP contribution in [0.5, 0.6) is 0 Å². The molecule has 2 heterocycles. The summed E-state index contributed by atoms with van der Waals surface area (Å²) in [5.74, 6) is 1.02. The molecule has 2 aliphatic heterocycles. The zero-order valence-electron chi connectivity index (χ0n) is 13.1. The lowest BCUT2D eigenvalue weighted by Gasteiger charge is -2.42. The number of methoxy groups -OCH3 is 1. The molecular formula is C16H26O5. The monoisotopic (exact) mass is 298 g/mol. The van der Waals surface area contributed by atoms with E-state index in [0.29, 0.717) is 11.8 Å². The van der Waals surface area contributed by atoms with E-state index in [0.717, 1.165) is 25.7 Å². The molecule has 5 nitrogen and oxygen atoms in total. The van der Waals surface area contributed by atoms with E-state index in [-0.39, 0.29) is 30.7 Å². The molecule has 120 valence electrons. The quantitative estimate of drug-likeness (QED) is 0.810. The highest BCUT2D eigenvalue weighted by molar-refractivity contribution is 5.59. The molecular weight excluding hydrogens is 272 g/mol. The molecule has 21 heavy (non-hydrogen) atoms. The van der Waals surface area contributed by atoms with Crippen molar-refractivity contribution >= 4 is 6.16 Å². The number of ether oxygens (including phenoxy) is 3. The lowest BCUT2D eigenvalue weighted by molar-refractivity contribution is -0.0749. The summed E-state index contributed by atoms with van der Waals surface area (Å²) >= 11 is 0. The Hall–Kier alpha value is -0.810. The van der Waals surface area contributed by atoms with Gasteiger partial charge in [-0.15, -0.1) is 0 Å². The fourth-order valence-electron chi connectivity index (χ4n) is 4.82. The van der Waals surface area contributed by atoms with Gasteiger partial charge in [-0.2, -0.15) is 0 Å². The summed E-state index contributed by atoms with van der Waals surface area (Å²) in [5, 5.41) is 11.1. The van der Waals surface area contributed by atoms with Crippen molar-refractivity contribution in [2.45, 2.75) is 57.3 Å². The van der Waals surface area contributed by atoms with Crippen molar-refractivity contribution in [2.24, 2.45) is 23.7 Å². The molecule has 5 heteroatoms. The van der Waals surface area contributed by atoms with Gasteiger partial charge in [0.15, 0.2) is 0 Å². The third-order valence-corrected chi connectivity index (χ3v) is 6.07. The highest BCUT2D eigenvalue weighted by atomic mass is 16.7. The Bertz CT molecular complexity index is 403. The van der Waals surface area contributed by atoms with E-state index in [9.17, 15) is 9.90 Å². The van der Waals surface area contributed by atoms with Crippen molar-refractivity contribution in [1.29, 1.82) is 0 Å². The van der Waals surface area contributed by atoms with Crippen molar-refractivity contribution in [3.63, 3.8) is 0 Å². The number of rotatable bonds is 3. The average Bonchev–Trinajstić information content (AvgIpc) is 3.13. The number of hydrogen-bond acceptors (Lipinski definition) is 5. The molecule has 3 fully saturated rings. The Labute approximate surface area is 125 Å². The SMILES string of the molecule is COC(=O)OCC1C2OC(C(C)C2C)C1C1(O)CCCC1. The predicted octanol–water partition coefficient (Wildman–Crippen LogP) is 2.36. The van der Waals surface area contributed by atoms with E-state index in [2.05, 4.69) is 18.6 Å². The third kappa shape index (κ3) is 2.34. The molecule has 1 aliphatic carbocycles. The lowest BCUT2D eigenvalue weighted by atomic mass is 9.63. The largest absolute Gasteiger partial charge is 0.507 e. The Kier molecular flexibility index (Phi) is 3.91. The Morgan fingerprint density at radius 1 is 1.24 bits per heavy atom. The summed E-state index contributed by atoms with van der Waals surface area (Å²) in [4.78, 5) is 11.3. The summed E-state index contributed by atoms with van der Waals surface area (Å²) in [6.45, 7) is 4.67. The minimum atomic E-state index is -0.657. The van der Waals surface area contributed by atoms with E-state index in [1.807, 2.05) is 0 Å². The van der Waals surface area contributed by atoms with Gasteiger partial charge in [0.05, 0.1) is 24.9 Å². The van der Waals surface area contributed by atoms with Gasteiger partial charge in [0, 0.05) is 11.8 Å². The van der Waals surface area contributed by atoms with Crippen LogP contribution < -0.4 is 0 Å². The van der Waals surface area contributed by atoms with Crippen molar-refractivity contribution < 1.29 is 24.1 Å². The Morgan fingerprint density at radius 3 is 2.48 bits per heavy atom. The first kappa shape index (κ1) is 15.1. The number of fused-ring (bicyclic) bond motifs is 2. The molecule has 0 amide bonds. The van der Waals surface area contributed by atoms with Crippen molar-refractivity contribution in [1.82, 2.24) is 0 Å². The first-order valence-electron chi connectivity index (χ1n) is 8.06. The highest BCUT2D eigenvalue weighted by Crippen LogP contribution is 2.56. The van der Waals surface area contributed by atoms with Crippen molar-refractivity contribution in [2.75, 3.05) is 13.7 Å². The minimum Gasteiger partial charge on any atom is -0.438 e. The summed E-state index contributed by atoms with van der Waals surface area (Å²) in [6, 6.07) is 0. The third-order valence-electron chi connectivity index (χ3n) is 6.07. The maximum absolute atomic E-state index is 11.3. The Balaban J connectivity index is 1.79. The van der Waals surface area contributed by atoms with Gasteiger partial charge in [-0.05, 0) is 24.7 Å². The smallest absolute Gasteiger partial charge is 0.438 e. The van der Waals surface area contributed by atoms with E-state index >= 15 is 0 Å². The van der Waals surface area contributed by atoms with Crippen LogP contribution in [0.25, 0.3) is 0 Å². The molecule has 6 atom stereocenters. The number of aliphatic hydroxyl groups is 1. The van der Waals surface area contributed by atoms with Gasteiger partial charge in [-0.1, -0.05) is 26.7 Å². The lowest BCUT2D eigenvalue weighted by Crippen LogP contribution is -2.51. The van der Waals surface area contributed by atoms with Crippen molar-refractivity contribution in [3.8, 4) is 0 Å². The standard InChI is InChI=1S/C16H26O5/c1-9-10(2)14-12(16(18)6-4-5-7-16)11(13(9)21-14)8-20-15(17)19-3/h9-14,18H,4-8H2,1-3H3. The normalized spacial score (nSPS) is 44.0. The molecule has 2 saturated heterocycles. The molecule has 0 aromatic heterocycles. The second-order valence-corrected chi connectivity index (χ2v) is 7.05. The second-order valence-electron chi connectivity index (χ2n) is 7.05. The predicted molar refractivity (Wildman–Crippen MR) is 75.7 cm³/mol. The van der Waals surface area contributed by atoms with Crippen LogP contribution in [0.3, 0.4) is 0 Å². The number of carbonyl (C=O) groups excluding carboxylic acids is 1. The van der Waals surface area contributed by atoms with E-state index in [1.165, 1.54) is 7.11 Å². The maximum atomic E-state index is 11.3. The van der Waals surface area contributed by atoms with Crippen LogP contribution in [0.2, 0.25) is 0 Å². The van der Waals surface area contributed by atoms with Gasteiger partial charge in [0.2, 0.25) is 0 Å². The molecule has 3 rings (SSSR count). The molecule has 2 bridgehead atoms.